The number of aryl methyl sites for hydroxylation is 1. The van der Waals surface area contributed by atoms with Crippen LogP contribution in [0.2, 0.25) is 0 Å². The maximum atomic E-state index is 12.4. The Kier molecular flexibility index (Phi) is 6.95. The quantitative estimate of drug-likeness (QED) is 0.534. The molecule has 4 rings (SSSR count). The molecule has 3 aromatic rings. The van der Waals surface area contributed by atoms with Crippen molar-refractivity contribution in [1.82, 2.24) is 10.3 Å². The molecule has 0 radical (unpaired) electrons. The van der Waals surface area contributed by atoms with Crippen LogP contribution in [0.5, 0.6) is 0 Å². The summed E-state index contributed by atoms with van der Waals surface area (Å²) < 4.78 is 0. The first kappa shape index (κ1) is 21.5. The molecule has 31 heavy (non-hydrogen) atoms. The van der Waals surface area contributed by atoms with Crippen LogP contribution in [0, 0.1) is 12.8 Å². The Hall–Kier alpha value is -2.76. The fourth-order valence-corrected chi connectivity index (χ4v) is 4.50. The molecule has 1 fully saturated rings. The molecule has 1 aliphatic rings. The third kappa shape index (κ3) is 5.49. The lowest BCUT2D eigenvalue weighted by Crippen LogP contribution is -2.28. The van der Waals surface area contributed by atoms with Gasteiger partial charge < -0.3 is 15.7 Å². The summed E-state index contributed by atoms with van der Waals surface area (Å²) in [7, 11) is 0. The van der Waals surface area contributed by atoms with Gasteiger partial charge in [-0.3, -0.25) is 9.78 Å². The number of para-hydroxylation sites is 1. The number of pyridine rings is 1. The van der Waals surface area contributed by atoms with Crippen LogP contribution in [0.15, 0.2) is 48.5 Å². The smallest absolute Gasteiger partial charge is 0.224 e. The largest absolute Gasteiger partial charge is 0.392 e. The molecule has 0 aliphatic carbocycles. The van der Waals surface area contributed by atoms with E-state index in [0.29, 0.717) is 12.3 Å². The van der Waals surface area contributed by atoms with Gasteiger partial charge in [0.15, 0.2) is 0 Å². The second-order valence-electron chi connectivity index (χ2n) is 8.55. The molecular weight excluding hydrogens is 386 g/mol. The zero-order valence-corrected chi connectivity index (χ0v) is 18.2. The Bertz CT molecular complexity index is 1060. The number of piperidine rings is 1. The van der Waals surface area contributed by atoms with Gasteiger partial charge in [0.1, 0.15) is 0 Å². The van der Waals surface area contributed by atoms with Gasteiger partial charge in [0.2, 0.25) is 5.91 Å². The number of carbonyl (C=O) groups is 1. The zero-order chi connectivity index (χ0) is 21.6. The summed E-state index contributed by atoms with van der Waals surface area (Å²) >= 11 is 0. The highest BCUT2D eigenvalue weighted by Gasteiger charge is 2.15. The molecule has 5 nitrogen and oxygen atoms in total. The zero-order valence-electron chi connectivity index (χ0n) is 18.2. The molecule has 0 atom stereocenters. The van der Waals surface area contributed by atoms with E-state index in [1.807, 2.05) is 43.3 Å². The number of hydrogen-bond donors (Lipinski definition) is 3. The number of amides is 1. The van der Waals surface area contributed by atoms with E-state index in [1.165, 1.54) is 12.8 Å². The summed E-state index contributed by atoms with van der Waals surface area (Å²) in [5.41, 5.74) is 5.82. The Labute approximate surface area is 183 Å². The molecule has 0 saturated carbocycles. The molecule has 162 valence electrons. The van der Waals surface area contributed by atoms with E-state index in [-0.39, 0.29) is 12.5 Å². The van der Waals surface area contributed by atoms with Gasteiger partial charge in [0, 0.05) is 23.2 Å². The number of fused-ring (bicyclic) bond motifs is 1. The second kappa shape index (κ2) is 10.0. The van der Waals surface area contributed by atoms with Crippen LogP contribution in [0.1, 0.15) is 48.1 Å². The maximum Gasteiger partial charge on any atom is 0.224 e. The fourth-order valence-electron chi connectivity index (χ4n) is 4.50. The SMILES string of the molecule is Cc1cc(CO)c2cccc(Cc3cccc(NC(=O)CCC4CCNCC4)c3)c2n1. The number of aliphatic hydroxyl groups is 1. The van der Waals surface area contributed by atoms with Crippen molar-refractivity contribution in [2.75, 3.05) is 18.4 Å². The van der Waals surface area contributed by atoms with E-state index < -0.39 is 0 Å². The number of aromatic nitrogens is 1. The minimum Gasteiger partial charge on any atom is -0.392 e. The molecule has 1 saturated heterocycles. The standard InChI is InChI=1S/C26H31N3O2/c1-18-14-22(17-30)24-7-3-5-21(26(24)28-18)15-20-4-2-6-23(16-20)29-25(31)9-8-19-10-12-27-13-11-19/h2-7,14,16,19,27,30H,8-13,15,17H2,1H3,(H,29,31). The predicted molar refractivity (Wildman–Crippen MR) is 125 cm³/mol. The number of nitrogens with zero attached hydrogens (tertiary/aromatic N) is 1. The first-order valence-corrected chi connectivity index (χ1v) is 11.2. The lowest BCUT2D eigenvalue weighted by Gasteiger charge is -2.22. The monoisotopic (exact) mass is 417 g/mol. The summed E-state index contributed by atoms with van der Waals surface area (Å²) in [6.45, 7) is 4.09. The number of aliphatic hydroxyl groups excluding tert-OH is 1. The Balaban J connectivity index is 1.45. The van der Waals surface area contributed by atoms with E-state index in [9.17, 15) is 9.90 Å². The van der Waals surface area contributed by atoms with E-state index in [4.69, 9.17) is 4.98 Å². The average Bonchev–Trinajstić information content (AvgIpc) is 2.78. The Morgan fingerprint density at radius 3 is 2.74 bits per heavy atom. The molecule has 0 spiro atoms. The van der Waals surface area contributed by atoms with Crippen LogP contribution in [0.3, 0.4) is 0 Å². The van der Waals surface area contributed by atoms with Crippen molar-refractivity contribution in [1.29, 1.82) is 0 Å². The predicted octanol–water partition coefficient (Wildman–Crippen LogP) is 4.34. The molecule has 1 aliphatic heterocycles. The van der Waals surface area contributed by atoms with Gasteiger partial charge >= 0.3 is 0 Å². The lowest BCUT2D eigenvalue weighted by molar-refractivity contribution is -0.116. The van der Waals surface area contributed by atoms with Crippen LogP contribution in [0.25, 0.3) is 10.9 Å². The van der Waals surface area contributed by atoms with Gasteiger partial charge in [-0.2, -0.15) is 0 Å². The van der Waals surface area contributed by atoms with Crippen molar-refractivity contribution in [2.24, 2.45) is 5.92 Å². The molecule has 1 amide bonds. The average molecular weight is 418 g/mol. The van der Waals surface area contributed by atoms with Crippen LogP contribution in [0.4, 0.5) is 5.69 Å². The molecular formula is C26H31N3O2. The maximum absolute atomic E-state index is 12.4. The Morgan fingerprint density at radius 2 is 1.94 bits per heavy atom. The normalized spacial score (nSPS) is 14.6. The number of rotatable bonds is 7. The number of carbonyl (C=O) groups excluding carboxylic acids is 1. The molecule has 0 unspecified atom stereocenters. The third-order valence-electron chi connectivity index (χ3n) is 6.15. The highest BCUT2D eigenvalue weighted by Crippen LogP contribution is 2.25. The van der Waals surface area contributed by atoms with Crippen molar-refractivity contribution in [3.63, 3.8) is 0 Å². The van der Waals surface area contributed by atoms with Gasteiger partial charge in [0.25, 0.3) is 0 Å². The molecule has 2 heterocycles. The molecule has 2 aromatic carbocycles. The van der Waals surface area contributed by atoms with E-state index in [2.05, 4.69) is 22.8 Å². The molecule has 1 aromatic heterocycles. The summed E-state index contributed by atoms with van der Waals surface area (Å²) in [6, 6.07) is 16.1. The minimum absolute atomic E-state index is 0.00218. The van der Waals surface area contributed by atoms with Gasteiger partial charge in [-0.15, -0.1) is 0 Å². The highest BCUT2D eigenvalue weighted by molar-refractivity contribution is 5.91. The summed E-state index contributed by atoms with van der Waals surface area (Å²) in [4.78, 5) is 17.2. The van der Waals surface area contributed by atoms with Crippen LogP contribution in [-0.2, 0) is 17.8 Å². The first-order valence-electron chi connectivity index (χ1n) is 11.2. The van der Waals surface area contributed by atoms with E-state index in [0.717, 1.165) is 64.9 Å². The summed E-state index contributed by atoms with van der Waals surface area (Å²) in [5.74, 6) is 0.746. The molecule has 3 N–H and O–H groups in total. The number of benzene rings is 2. The second-order valence-corrected chi connectivity index (χ2v) is 8.55. The minimum atomic E-state index is 0.00218. The van der Waals surface area contributed by atoms with E-state index >= 15 is 0 Å². The number of anilines is 1. The fraction of sp³-hybridized carbons (Fsp3) is 0.385. The highest BCUT2D eigenvalue weighted by atomic mass is 16.3. The van der Waals surface area contributed by atoms with Crippen molar-refractivity contribution in [3.05, 3.63) is 70.9 Å². The van der Waals surface area contributed by atoms with Gasteiger partial charge in [-0.1, -0.05) is 30.3 Å². The third-order valence-corrected chi connectivity index (χ3v) is 6.15. The van der Waals surface area contributed by atoms with Crippen molar-refractivity contribution in [2.45, 2.75) is 45.6 Å². The van der Waals surface area contributed by atoms with Crippen molar-refractivity contribution in [3.8, 4) is 0 Å². The molecule has 5 heteroatoms. The van der Waals surface area contributed by atoms with Gasteiger partial charge in [0.05, 0.1) is 12.1 Å². The lowest BCUT2D eigenvalue weighted by atomic mass is 9.93. The van der Waals surface area contributed by atoms with Crippen LogP contribution >= 0.6 is 0 Å². The topological polar surface area (TPSA) is 74.2 Å². The van der Waals surface area contributed by atoms with E-state index in [1.54, 1.807) is 0 Å². The Morgan fingerprint density at radius 1 is 1.13 bits per heavy atom. The summed E-state index contributed by atoms with van der Waals surface area (Å²) in [6.07, 6.45) is 4.59. The van der Waals surface area contributed by atoms with Crippen molar-refractivity contribution >= 4 is 22.5 Å². The van der Waals surface area contributed by atoms with Crippen LogP contribution in [-0.4, -0.2) is 29.1 Å². The van der Waals surface area contributed by atoms with Gasteiger partial charge in [-0.05, 0) is 86.5 Å². The first-order chi connectivity index (χ1) is 15.1. The number of hydrogen-bond acceptors (Lipinski definition) is 4. The number of nitrogens with one attached hydrogen (secondary N) is 2. The van der Waals surface area contributed by atoms with Gasteiger partial charge in [-0.25, -0.2) is 0 Å². The molecule has 0 bridgehead atoms. The van der Waals surface area contributed by atoms with Crippen molar-refractivity contribution < 1.29 is 9.90 Å². The summed E-state index contributed by atoms with van der Waals surface area (Å²) in [5, 5.41) is 17.2. The van der Waals surface area contributed by atoms with Crippen LogP contribution < -0.4 is 10.6 Å².